The van der Waals surface area contributed by atoms with Crippen molar-refractivity contribution in [2.24, 2.45) is 0 Å². The Hall–Kier alpha value is -2.64. The maximum atomic E-state index is 10.8. The molecule has 0 saturated carbocycles. The molecule has 6 nitrogen and oxygen atoms in total. The number of nitrogen functional groups attached to an aromatic ring is 2. The van der Waals surface area contributed by atoms with Gasteiger partial charge in [-0.2, -0.15) is 0 Å². The van der Waals surface area contributed by atoms with Crippen LogP contribution < -0.4 is 16.3 Å². The first-order valence-corrected chi connectivity index (χ1v) is 8.99. The molecule has 132 valence electrons. The molecule has 0 atom stereocenters. The van der Waals surface area contributed by atoms with Crippen LogP contribution in [-0.4, -0.2) is 13.0 Å². The van der Waals surface area contributed by atoms with E-state index in [4.69, 9.17) is 11.6 Å². The molecule has 0 aliphatic heterocycles. The fourth-order valence-electron chi connectivity index (χ4n) is 2.78. The van der Waals surface area contributed by atoms with Crippen LogP contribution in [0.5, 0.6) is 0 Å². The molecule has 0 unspecified atom stereocenters. The standard InChI is InChI=1S/C9H9N3.C9H12O3S/c10-9-5-7-3-1-2-4-8(7)6-12(9)11;1-6-4-7(2)9(8(3)5-6)13(10,11)12/h1-6,10H,11H2;4-5H,1-3H3,(H,10,11,12)/i10+1;. The van der Waals surface area contributed by atoms with Gasteiger partial charge in [0.25, 0.3) is 5.82 Å². The lowest BCUT2D eigenvalue weighted by Crippen LogP contribution is -2.46. The van der Waals surface area contributed by atoms with Crippen molar-refractivity contribution in [1.82, 2.24) is 0 Å². The van der Waals surface area contributed by atoms with Gasteiger partial charge in [-0.25, -0.2) is 8.42 Å². The van der Waals surface area contributed by atoms with Gasteiger partial charge in [0, 0.05) is 11.5 Å². The second-order valence-corrected chi connectivity index (χ2v) is 7.23. The Morgan fingerprint density at radius 3 is 2.00 bits per heavy atom. The predicted molar refractivity (Wildman–Crippen MR) is 97.3 cm³/mol. The Kier molecular flexibility index (Phi) is 5.30. The number of rotatable bonds is 1. The first-order chi connectivity index (χ1) is 11.6. The van der Waals surface area contributed by atoms with E-state index >= 15 is 0 Å². The molecule has 0 fully saturated rings. The summed E-state index contributed by atoms with van der Waals surface area (Å²) in [5.41, 5.74) is 7.63. The van der Waals surface area contributed by atoms with Gasteiger partial charge in [0.1, 0.15) is 16.3 Å². The summed E-state index contributed by atoms with van der Waals surface area (Å²) >= 11 is 0. The van der Waals surface area contributed by atoms with Crippen LogP contribution in [0.3, 0.4) is 0 Å². The maximum Gasteiger partial charge on any atom is 0.296 e. The molecule has 3 aromatic rings. The highest BCUT2D eigenvalue weighted by Crippen LogP contribution is 2.20. The van der Waals surface area contributed by atoms with E-state index < -0.39 is 10.1 Å². The molecule has 1 heterocycles. The Bertz CT molecular complexity index is 967. The number of benzene rings is 2. The molecule has 0 aliphatic rings. The van der Waals surface area contributed by atoms with Gasteiger partial charge in [0.15, 0.2) is 0 Å². The molecule has 1 aromatic heterocycles. The van der Waals surface area contributed by atoms with E-state index in [1.807, 2.05) is 43.5 Å². The first-order valence-electron chi connectivity index (χ1n) is 7.58. The van der Waals surface area contributed by atoms with E-state index in [1.165, 1.54) is 4.68 Å². The van der Waals surface area contributed by atoms with E-state index in [2.05, 4.69) is 0 Å². The van der Waals surface area contributed by atoms with Crippen molar-refractivity contribution in [1.29, 1.82) is 0 Å². The van der Waals surface area contributed by atoms with Crippen molar-refractivity contribution in [3.63, 3.8) is 0 Å². The molecule has 3 rings (SSSR count). The topological polar surface area (TPSA) is 113 Å². The van der Waals surface area contributed by atoms with E-state index in [0.717, 1.165) is 16.3 Å². The Morgan fingerprint density at radius 2 is 1.48 bits per heavy atom. The second kappa shape index (κ2) is 7.08. The van der Waals surface area contributed by atoms with E-state index in [1.54, 1.807) is 26.0 Å². The summed E-state index contributed by atoms with van der Waals surface area (Å²) < 4.78 is 33.9. The number of nitrogens with zero attached hydrogens (tertiary/aromatic N) is 1. The number of aryl methyl sites for hydroxylation is 3. The SMILES string of the molecule is Cc1cc(C)c(S(=O)(=O)[O-])c(C)c1.N[n+]1cc2ccccc2cc1[15NH2]. The summed E-state index contributed by atoms with van der Waals surface area (Å²) in [6.45, 7) is 5.12. The van der Waals surface area contributed by atoms with Crippen LogP contribution in [0, 0.1) is 20.8 Å². The van der Waals surface area contributed by atoms with Crippen LogP contribution in [0.1, 0.15) is 16.7 Å². The number of pyridine rings is 1. The van der Waals surface area contributed by atoms with Crippen molar-refractivity contribution in [2.45, 2.75) is 25.7 Å². The van der Waals surface area contributed by atoms with Crippen molar-refractivity contribution in [3.8, 4) is 0 Å². The molecule has 0 saturated heterocycles. The highest BCUT2D eigenvalue weighted by molar-refractivity contribution is 7.85. The van der Waals surface area contributed by atoms with Crippen LogP contribution in [0.15, 0.2) is 53.6 Å². The zero-order valence-electron chi connectivity index (χ0n) is 14.4. The molecule has 0 aliphatic carbocycles. The lowest BCUT2D eigenvalue weighted by Gasteiger charge is -2.14. The third-order valence-electron chi connectivity index (χ3n) is 3.73. The summed E-state index contributed by atoms with van der Waals surface area (Å²) in [4.78, 5) is -0.0851. The molecule has 2 aromatic carbocycles. The minimum Gasteiger partial charge on any atom is -0.744 e. The van der Waals surface area contributed by atoms with E-state index in [0.29, 0.717) is 16.9 Å². The Balaban J connectivity index is 0.000000181. The predicted octanol–water partition coefficient (Wildman–Crippen LogP) is 1.94. The van der Waals surface area contributed by atoms with Crippen molar-refractivity contribution < 1.29 is 17.6 Å². The van der Waals surface area contributed by atoms with Gasteiger partial charge < -0.3 is 4.55 Å². The molecule has 7 heteroatoms. The largest absolute Gasteiger partial charge is 0.744 e. The quantitative estimate of drug-likeness (QED) is 0.298. The average Bonchev–Trinajstić information content (AvgIpc) is 2.46. The first kappa shape index (κ1) is 18.7. The Labute approximate surface area is 147 Å². The van der Waals surface area contributed by atoms with Crippen LogP contribution in [0.2, 0.25) is 0 Å². The van der Waals surface area contributed by atoms with Crippen LogP contribution in [-0.2, 0) is 10.1 Å². The van der Waals surface area contributed by atoms with E-state index in [-0.39, 0.29) is 4.90 Å². The number of hydrogen-bond acceptors (Lipinski definition) is 5. The van der Waals surface area contributed by atoms with Gasteiger partial charge >= 0.3 is 0 Å². The summed E-state index contributed by atoms with van der Waals surface area (Å²) in [6, 6.07) is 13.2. The van der Waals surface area contributed by atoms with Crippen molar-refractivity contribution >= 4 is 26.7 Å². The number of nitrogens with two attached hydrogens (primary N) is 2. The molecule has 25 heavy (non-hydrogen) atoms. The van der Waals surface area contributed by atoms with Crippen molar-refractivity contribution in [3.05, 3.63) is 65.4 Å². The smallest absolute Gasteiger partial charge is 0.296 e. The molecule has 0 radical (unpaired) electrons. The number of aromatic nitrogens is 1. The normalized spacial score (nSPS) is 11.0. The third kappa shape index (κ3) is 4.46. The van der Waals surface area contributed by atoms with Gasteiger partial charge in [0.05, 0.1) is 4.90 Å². The molecule has 4 N–H and O–H groups in total. The molecule has 0 amide bonds. The average molecular weight is 360 g/mol. The van der Waals surface area contributed by atoms with E-state index in [9.17, 15) is 13.0 Å². The third-order valence-corrected chi connectivity index (χ3v) is 4.87. The summed E-state index contributed by atoms with van der Waals surface area (Å²) in [5, 5.41) is 2.20. The van der Waals surface area contributed by atoms with Crippen LogP contribution in [0.4, 0.5) is 5.82 Å². The van der Waals surface area contributed by atoms with Crippen LogP contribution >= 0.6 is 0 Å². The van der Waals surface area contributed by atoms with Crippen molar-refractivity contribution in [2.75, 3.05) is 11.6 Å². The lowest BCUT2D eigenvalue weighted by atomic mass is 10.1. The fourth-order valence-corrected chi connectivity index (χ4v) is 3.69. The zero-order chi connectivity index (χ0) is 18.8. The fraction of sp³-hybridized carbons (Fsp3) is 0.167. The highest BCUT2D eigenvalue weighted by Gasteiger charge is 2.09. The van der Waals surface area contributed by atoms with Gasteiger partial charge in [0.2, 0.25) is 0 Å². The summed E-state index contributed by atoms with van der Waals surface area (Å²) in [6.07, 6.45) is 1.81. The van der Waals surface area contributed by atoms with Gasteiger partial charge in [-0.05, 0) is 37.3 Å². The highest BCUT2D eigenvalue weighted by atomic mass is 32.2. The molecular weight excluding hydrogens is 339 g/mol. The Morgan fingerprint density at radius 1 is 0.960 bits per heavy atom. The summed E-state index contributed by atoms with van der Waals surface area (Å²) in [7, 11) is -4.33. The maximum absolute atomic E-state index is 10.8. The lowest BCUT2D eigenvalue weighted by molar-refractivity contribution is -0.622. The zero-order valence-corrected chi connectivity index (χ0v) is 15.2. The van der Waals surface area contributed by atoms with Gasteiger partial charge in [-0.3, -0.25) is 11.6 Å². The summed E-state index contributed by atoms with van der Waals surface area (Å²) in [5.74, 6) is 6.14. The van der Waals surface area contributed by atoms with Gasteiger partial charge in [-0.1, -0.05) is 42.0 Å². The number of anilines is 1. The molecule has 0 spiro atoms. The molecule has 0 bridgehead atoms. The number of hydrogen-bond donors (Lipinski definition) is 2. The minimum atomic E-state index is -4.33. The van der Waals surface area contributed by atoms with Gasteiger partial charge in [-0.15, -0.1) is 4.68 Å². The monoisotopic (exact) mass is 360 g/mol. The minimum absolute atomic E-state index is 0.0851. The molecular formula is C18H21N3O3S. The van der Waals surface area contributed by atoms with Crippen LogP contribution in [0.25, 0.3) is 10.8 Å². The second-order valence-electron chi connectivity index (χ2n) is 5.92. The number of fused-ring (bicyclic) bond motifs is 1.